The van der Waals surface area contributed by atoms with E-state index in [2.05, 4.69) is 5.32 Å². The summed E-state index contributed by atoms with van der Waals surface area (Å²) in [6.07, 6.45) is 0. The maximum Gasteiger partial charge on any atom is 0.195 e. The van der Waals surface area contributed by atoms with Gasteiger partial charge in [0.1, 0.15) is 11.5 Å². The number of hydrogen-bond acceptors (Lipinski definition) is 2. The van der Waals surface area contributed by atoms with E-state index in [0.717, 1.165) is 12.1 Å². The van der Waals surface area contributed by atoms with Crippen molar-refractivity contribution in [2.24, 2.45) is 0 Å². The van der Waals surface area contributed by atoms with Crippen LogP contribution < -0.4 is 5.32 Å². The van der Waals surface area contributed by atoms with E-state index in [-0.39, 0.29) is 11.3 Å². The van der Waals surface area contributed by atoms with E-state index in [1.54, 1.807) is 13.1 Å². The maximum atomic E-state index is 13.5. The highest BCUT2D eigenvalue weighted by Gasteiger charge is 2.16. The number of nitrogens with one attached hydrogen (secondary N) is 1. The van der Waals surface area contributed by atoms with Gasteiger partial charge in [0.25, 0.3) is 0 Å². The first-order valence-corrected chi connectivity index (χ1v) is 5.00. The van der Waals surface area contributed by atoms with Crippen molar-refractivity contribution >= 4 is 0 Å². The van der Waals surface area contributed by atoms with Crippen LogP contribution in [0.4, 0.5) is 13.2 Å². The molecule has 17 heavy (non-hydrogen) atoms. The van der Waals surface area contributed by atoms with Crippen LogP contribution in [0.1, 0.15) is 5.76 Å². The SMILES string of the molecule is CNCc1ccc(-c2ccc(F)c(F)c2F)o1. The Labute approximate surface area is 96.1 Å². The summed E-state index contributed by atoms with van der Waals surface area (Å²) in [7, 11) is 1.74. The molecule has 1 aromatic heterocycles. The molecule has 0 aliphatic heterocycles. The molecule has 90 valence electrons. The minimum atomic E-state index is -1.49. The molecule has 0 fully saturated rings. The zero-order valence-corrected chi connectivity index (χ0v) is 9.06. The molecule has 0 saturated carbocycles. The van der Waals surface area contributed by atoms with Crippen molar-refractivity contribution in [3.8, 4) is 11.3 Å². The van der Waals surface area contributed by atoms with Gasteiger partial charge in [-0.2, -0.15) is 0 Å². The Bertz CT molecular complexity index is 537. The van der Waals surface area contributed by atoms with E-state index < -0.39 is 17.5 Å². The summed E-state index contributed by atoms with van der Waals surface area (Å²) in [6, 6.07) is 5.18. The summed E-state index contributed by atoms with van der Waals surface area (Å²) in [5, 5.41) is 2.86. The number of furan rings is 1. The van der Waals surface area contributed by atoms with Gasteiger partial charge in [0, 0.05) is 0 Å². The average Bonchev–Trinajstić information content (AvgIpc) is 2.75. The molecule has 1 aromatic carbocycles. The van der Waals surface area contributed by atoms with Crippen LogP contribution in [0.3, 0.4) is 0 Å². The lowest BCUT2D eigenvalue weighted by Crippen LogP contribution is -2.03. The minimum Gasteiger partial charge on any atom is -0.460 e. The second kappa shape index (κ2) is 4.63. The van der Waals surface area contributed by atoms with E-state index in [4.69, 9.17) is 4.42 Å². The number of benzene rings is 1. The molecule has 0 aliphatic carbocycles. The topological polar surface area (TPSA) is 25.2 Å². The largest absolute Gasteiger partial charge is 0.460 e. The molecule has 1 heterocycles. The first-order valence-electron chi connectivity index (χ1n) is 5.00. The quantitative estimate of drug-likeness (QED) is 0.835. The standard InChI is InChI=1S/C12H10F3NO/c1-16-6-7-2-5-10(17-7)8-3-4-9(13)12(15)11(8)14/h2-5,16H,6H2,1H3. The summed E-state index contributed by atoms with van der Waals surface area (Å²) in [5.74, 6) is -3.18. The van der Waals surface area contributed by atoms with Crippen LogP contribution in [0.25, 0.3) is 11.3 Å². The van der Waals surface area contributed by atoms with Gasteiger partial charge in [0.05, 0.1) is 12.1 Å². The van der Waals surface area contributed by atoms with Crippen LogP contribution in [0.15, 0.2) is 28.7 Å². The molecular weight excluding hydrogens is 231 g/mol. The highest BCUT2D eigenvalue weighted by Crippen LogP contribution is 2.27. The Morgan fingerprint density at radius 1 is 1.06 bits per heavy atom. The van der Waals surface area contributed by atoms with Crippen LogP contribution in [-0.2, 0) is 6.54 Å². The lowest BCUT2D eigenvalue weighted by atomic mass is 10.1. The summed E-state index contributed by atoms with van der Waals surface area (Å²) in [6.45, 7) is 0.477. The normalized spacial score (nSPS) is 10.8. The lowest BCUT2D eigenvalue weighted by molar-refractivity contribution is 0.444. The monoisotopic (exact) mass is 241 g/mol. The summed E-state index contributed by atoms with van der Waals surface area (Å²) >= 11 is 0. The van der Waals surface area contributed by atoms with Gasteiger partial charge < -0.3 is 9.73 Å². The van der Waals surface area contributed by atoms with Crippen molar-refractivity contribution in [2.45, 2.75) is 6.54 Å². The predicted octanol–water partition coefficient (Wildman–Crippen LogP) is 3.08. The Kier molecular flexibility index (Phi) is 3.19. The van der Waals surface area contributed by atoms with Crippen LogP contribution in [0.2, 0.25) is 0 Å². The first kappa shape index (κ1) is 11.7. The minimum absolute atomic E-state index is 0.0914. The van der Waals surface area contributed by atoms with Crippen molar-refractivity contribution in [2.75, 3.05) is 7.05 Å². The van der Waals surface area contributed by atoms with Crippen LogP contribution in [-0.4, -0.2) is 7.05 Å². The molecule has 2 nitrogen and oxygen atoms in total. The predicted molar refractivity (Wildman–Crippen MR) is 56.8 cm³/mol. The highest BCUT2D eigenvalue weighted by molar-refractivity contribution is 5.58. The van der Waals surface area contributed by atoms with E-state index >= 15 is 0 Å². The smallest absolute Gasteiger partial charge is 0.195 e. The Hall–Kier alpha value is -1.75. The fourth-order valence-electron chi connectivity index (χ4n) is 1.51. The maximum absolute atomic E-state index is 13.5. The van der Waals surface area contributed by atoms with Crippen LogP contribution in [0.5, 0.6) is 0 Å². The summed E-state index contributed by atoms with van der Waals surface area (Å²) in [4.78, 5) is 0. The Balaban J connectivity index is 2.42. The van der Waals surface area contributed by atoms with Crippen LogP contribution in [0, 0.1) is 17.5 Å². The third-order valence-electron chi connectivity index (χ3n) is 2.31. The molecule has 0 aliphatic rings. The van der Waals surface area contributed by atoms with E-state index in [9.17, 15) is 13.2 Å². The molecule has 2 aromatic rings. The van der Waals surface area contributed by atoms with Gasteiger partial charge in [-0.25, -0.2) is 13.2 Å². The van der Waals surface area contributed by atoms with Crippen molar-refractivity contribution in [1.29, 1.82) is 0 Å². The third-order valence-corrected chi connectivity index (χ3v) is 2.31. The van der Waals surface area contributed by atoms with Crippen LogP contribution >= 0.6 is 0 Å². The highest BCUT2D eigenvalue weighted by atomic mass is 19.2. The number of halogens is 3. The summed E-state index contributed by atoms with van der Waals surface area (Å²) in [5.41, 5.74) is -0.0914. The van der Waals surface area contributed by atoms with Gasteiger partial charge in [-0.3, -0.25) is 0 Å². The third kappa shape index (κ3) is 2.19. The molecule has 0 spiro atoms. The average molecular weight is 241 g/mol. The van der Waals surface area contributed by atoms with Crippen molar-refractivity contribution in [1.82, 2.24) is 5.32 Å². The number of hydrogen-bond donors (Lipinski definition) is 1. The lowest BCUT2D eigenvalue weighted by Gasteiger charge is -2.01. The van der Waals surface area contributed by atoms with Crippen molar-refractivity contribution in [3.05, 3.63) is 47.5 Å². The van der Waals surface area contributed by atoms with Gasteiger partial charge >= 0.3 is 0 Å². The Morgan fingerprint density at radius 2 is 1.82 bits per heavy atom. The van der Waals surface area contributed by atoms with E-state index in [1.807, 2.05) is 0 Å². The molecule has 0 saturated heterocycles. The zero-order valence-electron chi connectivity index (χ0n) is 9.06. The Morgan fingerprint density at radius 3 is 2.53 bits per heavy atom. The van der Waals surface area contributed by atoms with Gasteiger partial charge in [0.2, 0.25) is 0 Å². The molecule has 0 atom stereocenters. The second-order valence-corrected chi connectivity index (χ2v) is 3.52. The van der Waals surface area contributed by atoms with Gasteiger partial charge in [-0.05, 0) is 31.3 Å². The molecule has 2 rings (SSSR count). The first-order chi connectivity index (χ1) is 8.13. The molecule has 1 N–H and O–H groups in total. The summed E-state index contributed by atoms with van der Waals surface area (Å²) < 4.78 is 44.5. The molecule has 0 radical (unpaired) electrons. The number of rotatable bonds is 3. The molecule has 0 amide bonds. The molecular formula is C12H10F3NO. The van der Waals surface area contributed by atoms with Gasteiger partial charge in [0.15, 0.2) is 17.5 Å². The molecule has 5 heteroatoms. The molecule has 0 unspecified atom stereocenters. The zero-order chi connectivity index (χ0) is 12.4. The van der Waals surface area contributed by atoms with Gasteiger partial charge in [-0.1, -0.05) is 0 Å². The fraction of sp³-hybridized carbons (Fsp3) is 0.167. The van der Waals surface area contributed by atoms with E-state index in [0.29, 0.717) is 12.3 Å². The van der Waals surface area contributed by atoms with Crippen molar-refractivity contribution in [3.63, 3.8) is 0 Å². The second-order valence-electron chi connectivity index (χ2n) is 3.52. The van der Waals surface area contributed by atoms with E-state index in [1.165, 1.54) is 6.07 Å². The fourth-order valence-corrected chi connectivity index (χ4v) is 1.51. The van der Waals surface area contributed by atoms with Gasteiger partial charge in [-0.15, -0.1) is 0 Å². The molecule has 0 bridgehead atoms. The van der Waals surface area contributed by atoms with Crippen molar-refractivity contribution < 1.29 is 17.6 Å².